The molecule has 2 aliphatic rings. The van der Waals surface area contributed by atoms with Crippen molar-refractivity contribution in [2.75, 3.05) is 38.2 Å². The highest BCUT2D eigenvalue weighted by Crippen LogP contribution is 2.36. The topological polar surface area (TPSA) is 67.9 Å². The molecule has 0 atom stereocenters. The fraction of sp³-hybridized carbons (Fsp3) is 0.417. The highest BCUT2D eigenvalue weighted by molar-refractivity contribution is 5.99. The van der Waals surface area contributed by atoms with Gasteiger partial charge in [-0.05, 0) is 55.5 Å². The van der Waals surface area contributed by atoms with E-state index in [2.05, 4.69) is 5.32 Å². The summed E-state index contributed by atoms with van der Waals surface area (Å²) in [5.74, 6) is -0.0859. The molecule has 0 unspecified atom stereocenters. The Kier molecular flexibility index (Phi) is 6.51. The Labute approximate surface area is 181 Å². The van der Waals surface area contributed by atoms with Gasteiger partial charge in [0.2, 0.25) is 5.91 Å². The number of carbonyl (C=O) groups excluding carboxylic acids is 2. The van der Waals surface area contributed by atoms with Crippen LogP contribution in [-0.4, -0.2) is 49.6 Å². The number of rotatable bonds is 6. The zero-order valence-electron chi connectivity index (χ0n) is 17.4. The molecule has 0 aromatic heterocycles. The molecule has 2 amide bonds. The summed E-state index contributed by atoms with van der Waals surface area (Å²) in [5.41, 5.74) is 0.360. The fourth-order valence-corrected chi connectivity index (χ4v) is 4.27. The lowest BCUT2D eigenvalue weighted by Crippen LogP contribution is -2.44. The molecule has 0 saturated carbocycles. The monoisotopic (exact) mass is 426 g/mol. The predicted octanol–water partition coefficient (Wildman–Crippen LogP) is 3.51. The van der Waals surface area contributed by atoms with Gasteiger partial charge in [0, 0.05) is 38.1 Å². The Bertz CT molecular complexity index is 937. The van der Waals surface area contributed by atoms with E-state index < -0.39 is 5.41 Å². The molecule has 0 aliphatic carbocycles. The molecule has 2 fully saturated rings. The molecule has 7 heteroatoms. The van der Waals surface area contributed by atoms with Gasteiger partial charge in [0.1, 0.15) is 11.6 Å². The second-order valence-electron chi connectivity index (χ2n) is 8.06. The normalized spacial score (nSPS) is 17.9. The Morgan fingerprint density at radius 1 is 1.06 bits per heavy atom. The van der Waals surface area contributed by atoms with E-state index in [1.807, 2.05) is 0 Å². The lowest BCUT2D eigenvalue weighted by atomic mass is 9.73. The second kappa shape index (κ2) is 9.47. The van der Waals surface area contributed by atoms with Gasteiger partial charge in [-0.1, -0.05) is 18.2 Å². The number of nitrogens with zero attached hydrogens (tertiary/aromatic N) is 1. The molecule has 2 heterocycles. The zero-order chi connectivity index (χ0) is 21.7. The summed E-state index contributed by atoms with van der Waals surface area (Å²) in [4.78, 5) is 27.4. The number of likely N-dealkylation sites (tertiary alicyclic amines) is 1. The maximum Gasteiger partial charge on any atom is 0.260 e. The highest BCUT2D eigenvalue weighted by atomic mass is 19.1. The van der Waals surface area contributed by atoms with Crippen molar-refractivity contribution in [3.05, 3.63) is 59.9 Å². The van der Waals surface area contributed by atoms with Crippen molar-refractivity contribution >= 4 is 17.5 Å². The third-order valence-corrected chi connectivity index (χ3v) is 6.07. The van der Waals surface area contributed by atoms with Crippen molar-refractivity contribution in [2.45, 2.75) is 31.1 Å². The van der Waals surface area contributed by atoms with Gasteiger partial charge in [-0.15, -0.1) is 0 Å². The highest BCUT2D eigenvalue weighted by Gasteiger charge is 2.42. The predicted molar refractivity (Wildman–Crippen MR) is 115 cm³/mol. The van der Waals surface area contributed by atoms with Crippen LogP contribution in [0.15, 0.2) is 48.5 Å². The van der Waals surface area contributed by atoms with E-state index in [1.54, 1.807) is 41.3 Å². The summed E-state index contributed by atoms with van der Waals surface area (Å²) in [6.07, 6.45) is 3.02. The van der Waals surface area contributed by atoms with E-state index in [1.165, 1.54) is 12.1 Å². The number of anilines is 1. The Morgan fingerprint density at radius 2 is 1.81 bits per heavy atom. The maximum atomic E-state index is 13.9. The van der Waals surface area contributed by atoms with Gasteiger partial charge in [0.25, 0.3) is 5.91 Å². The SMILES string of the molecule is O=C(COc1cccc(NC(=O)C2(c3cccc(F)c3)CCOCC2)c1)N1CCCC1. The van der Waals surface area contributed by atoms with E-state index in [0.717, 1.165) is 25.9 Å². The lowest BCUT2D eigenvalue weighted by molar-refractivity contribution is -0.132. The van der Waals surface area contributed by atoms with Crippen molar-refractivity contribution in [3.63, 3.8) is 0 Å². The largest absolute Gasteiger partial charge is 0.484 e. The molecule has 0 radical (unpaired) electrons. The van der Waals surface area contributed by atoms with Crippen LogP contribution in [0.2, 0.25) is 0 Å². The number of carbonyl (C=O) groups is 2. The molecule has 6 nitrogen and oxygen atoms in total. The van der Waals surface area contributed by atoms with Gasteiger partial charge < -0.3 is 19.7 Å². The third kappa shape index (κ3) is 4.88. The number of hydrogen-bond donors (Lipinski definition) is 1. The van der Waals surface area contributed by atoms with Crippen LogP contribution in [0.3, 0.4) is 0 Å². The number of amides is 2. The molecule has 31 heavy (non-hydrogen) atoms. The molecule has 0 bridgehead atoms. The van der Waals surface area contributed by atoms with E-state index >= 15 is 0 Å². The summed E-state index contributed by atoms with van der Waals surface area (Å²) >= 11 is 0. The first-order valence-corrected chi connectivity index (χ1v) is 10.7. The zero-order valence-corrected chi connectivity index (χ0v) is 17.4. The first-order chi connectivity index (χ1) is 15.1. The quantitative estimate of drug-likeness (QED) is 0.768. The van der Waals surface area contributed by atoms with Crippen molar-refractivity contribution in [1.29, 1.82) is 0 Å². The molecule has 2 aromatic rings. The van der Waals surface area contributed by atoms with E-state index in [4.69, 9.17) is 9.47 Å². The minimum Gasteiger partial charge on any atom is -0.484 e. The number of hydrogen-bond acceptors (Lipinski definition) is 4. The minimum absolute atomic E-state index is 0.0258. The Balaban J connectivity index is 1.46. The van der Waals surface area contributed by atoms with Gasteiger partial charge in [-0.2, -0.15) is 0 Å². The third-order valence-electron chi connectivity index (χ3n) is 6.07. The smallest absolute Gasteiger partial charge is 0.260 e. The maximum absolute atomic E-state index is 13.9. The van der Waals surface area contributed by atoms with Gasteiger partial charge in [-0.25, -0.2) is 4.39 Å². The Hall–Kier alpha value is -2.93. The molecule has 2 aromatic carbocycles. The molecule has 4 rings (SSSR count). The molecular formula is C24H27FN2O4. The summed E-state index contributed by atoms with van der Waals surface area (Å²) < 4.78 is 25.0. The minimum atomic E-state index is -0.858. The van der Waals surface area contributed by atoms with Crippen LogP contribution in [0.25, 0.3) is 0 Å². The van der Waals surface area contributed by atoms with Crippen LogP contribution in [0.1, 0.15) is 31.2 Å². The summed E-state index contributed by atoms with van der Waals surface area (Å²) in [6, 6.07) is 13.2. The van der Waals surface area contributed by atoms with Crippen molar-refractivity contribution in [3.8, 4) is 5.75 Å². The van der Waals surface area contributed by atoms with E-state index in [-0.39, 0.29) is 24.2 Å². The summed E-state index contributed by atoms with van der Waals surface area (Å²) in [7, 11) is 0. The first-order valence-electron chi connectivity index (χ1n) is 10.7. The number of ether oxygens (including phenoxy) is 2. The van der Waals surface area contributed by atoms with Gasteiger partial charge in [0.05, 0.1) is 5.41 Å². The number of benzene rings is 2. The van der Waals surface area contributed by atoms with Crippen LogP contribution < -0.4 is 10.1 Å². The van der Waals surface area contributed by atoms with E-state index in [9.17, 15) is 14.0 Å². The van der Waals surface area contributed by atoms with Crippen LogP contribution in [0.5, 0.6) is 5.75 Å². The van der Waals surface area contributed by atoms with Gasteiger partial charge in [0.15, 0.2) is 6.61 Å². The number of halogens is 1. The van der Waals surface area contributed by atoms with Crippen LogP contribution in [0.4, 0.5) is 10.1 Å². The lowest BCUT2D eigenvalue weighted by Gasteiger charge is -2.36. The van der Waals surface area contributed by atoms with Gasteiger partial charge in [-0.3, -0.25) is 9.59 Å². The van der Waals surface area contributed by atoms with Crippen molar-refractivity contribution in [1.82, 2.24) is 4.90 Å². The molecule has 2 aliphatic heterocycles. The van der Waals surface area contributed by atoms with E-state index in [0.29, 0.717) is 43.1 Å². The Morgan fingerprint density at radius 3 is 2.55 bits per heavy atom. The molecule has 2 saturated heterocycles. The molecule has 164 valence electrons. The fourth-order valence-electron chi connectivity index (χ4n) is 4.27. The standard InChI is InChI=1S/C24H27FN2O4/c25-19-6-3-5-18(15-19)24(9-13-30-14-10-24)23(29)26-20-7-4-8-21(16-20)31-17-22(28)27-11-1-2-12-27/h3-8,15-16H,1-2,9-14,17H2,(H,26,29). The van der Waals surface area contributed by atoms with Crippen molar-refractivity contribution < 1.29 is 23.5 Å². The average molecular weight is 426 g/mol. The second-order valence-corrected chi connectivity index (χ2v) is 8.06. The molecular weight excluding hydrogens is 399 g/mol. The van der Waals surface area contributed by atoms with Gasteiger partial charge >= 0.3 is 0 Å². The van der Waals surface area contributed by atoms with Crippen LogP contribution >= 0.6 is 0 Å². The summed E-state index contributed by atoms with van der Waals surface area (Å²) in [5, 5.41) is 2.96. The van der Waals surface area contributed by atoms with Crippen LogP contribution in [-0.2, 0) is 19.7 Å². The van der Waals surface area contributed by atoms with Crippen LogP contribution in [0, 0.1) is 5.82 Å². The number of nitrogens with one attached hydrogen (secondary N) is 1. The molecule has 0 spiro atoms. The molecule has 1 N–H and O–H groups in total. The van der Waals surface area contributed by atoms with Crippen molar-refractivity contribution in [2.24, 2.45) is 0 Å². The average Bonchev–Trinajstić information content (AvgIpc) is 3.33. The summed E-state index contributed by atoms with van der Waals surface area (Å²) in [6.45, 7) is 2.41. The first kappa shape index (κ1) is 21.3.